The molecule has 4 nitrogen and oxygen atoms in total. The highest BCUT2D eigenvalue weighted by Crippen LogP contribution is 2.84. The van der Waals surface area contributed by atoms with Gasteiger partial charge in [0, 0.05) is 23.7 Å². The highest BCUT2D eigenvalue weighted by molar-refractivity contribution is 6.40. The van der Waals surface area contributed by atoms with Gasteiger partial charge in [-0.1, -0.05) is 13.8 Å². The quantitative estimate of drug-likeness (QED) is 0.627. The molecule has 0 amide bonds. The maximum Gasteiger partial charge on any atom is 0.204 e. The first-order valence-corrected chi connectivity index (χ1v) is 7.27. The zero-order chi connectivity index (χ0) is 13.5. The summed E-state index contributed by atoms with van der Waals surface area (Å²) in [6, 6.07) is 0. The molecule has 4 aliphatic rings. The van der Waals surface area contributed by atoms with Gasteiger partial charge >= 0.3 is 0 Å². The van der Waals surface area contributed by atoms with E-state index in [0.29, 0.717) is 26.1 Å². The summed E-state index contributed by atoms with van der Waals surface area (Å²) >= 11 is 0. The summed E-state index contributed by atoms with van der Waals surface area (Å²) in [4.78, 5) is 24.2. The second kappa shape index (κ2) is 3.12. The molecule has 2 spiro atoms. The molecule has 4 rings (SSSR count). The van der Waals surface area contributed by atoms with Crippen molar-refractivity contribution in [1.29, 1.82) is 0 Å². The SMILES string of the molecule is CC12C[C@]13CCC(=O)C(=O)[C@@]3(C)CCC21OCCO1. The summed E-state index contributed by atoms with van der Waals surface area (Å²) in [5.74, 6) is -0.811. The van der Waals surface area contributed by atoms with E-state index in [1.165, 1.54) is 0 Å². The van der Waals surface area contributed by atoms with Crippen LogP contribution in [0.15, 0.2) is 0 Å². The first kappa shape index (κ1) is 12.0. The van der Waals surface area contributed by atoms with Gasteiger partial charge in [0.25, 0.3) is 0 Å². The van der Waals surface area contributed by atoms with Gasteiger partial charge in [-0.05, 0) is 24.7 Å². The van der Waals surface area contributed by atoms with Crippen LogP contribution in [0.2, 0.25) is 0 Å². The van der Waals surface area contributed by atoms with Crippen LogP contribution in [0.25, 0.3) is 0 Å². The third-order valence-electron chi connectivity index (χ3n) is 6.72. The zero-order valence-electron chi connectivity index (χ0n) is 11.6. The molecule has 0 N–H and O–H groups in total. The van der Waals surface area contributed by atoms with E-state index < -0.39 is 11.2 Å². The maximum absolute atomic E-state index is 12.4. The Balaban J connectivity index is 1.80. The van der Waals surface area contributed by atoms with Crippen LogP contribution in [0.3, 0.4) is 0 Å². The second-order valence-corrected chi connectivity index (χ2v) is 7.13. The molecule has 1 saturated heterocycles. The van der Waals surface area contributed by atoms with Crippen molar-refractivity contribution < 1.29 is 19.1 Å². The normalized spacial score (nSPS) is 51.1. The fourth-order valence-corrected chi connectivity index (χ4v) is 5.43. The van der Waals surface area contributed by atoms with Gasteiger partial charge in [-0.15, -0.1) is 0 Å². The number of fused-ring (bicyclic) bond motifs is 1. The molecule has 1 aliphatic heterocycles. The molecular weight excluding hydrogens is 244 g/mol. The Hall–Kier alpha value is -0.740. The topological polar surface area (TPSA) is 52.6 Å². The first-order chi connectivity index (χ1) is 8.91. The molecule has 0 aromatic heterocycles. The summed E-state index contributed by atoms with van der Waals surface area (Å²) in [7, 11) is 0. The second-order valence-electron chi connectivity index (χ2n) is 7.13. The number of carbonyl (C=O) groups excluding carboxylic acids is 2. The van der Waals surface area contributed by atoms with Crippen LogP contribution in [0.1, 0.15) is 46.0 Å². The monoisotopic (exact) mass is 264 g/mol. The molecule has 4 heteroatoms. The van der Waals surface area contributed by atoms with E-state index in [0.717, 1.165) is 19.3 Å². The molecule has 1 heterocycles. The lowest BCUT2D eigenvalue weighted by molar-refractivity contribution is -0.245. The summed E-state index contributed by atoms with van der Waals surface area (Å²) in [5.41, 5.74) is -0.662. The average molecular weight is 264 g/mol. The highest BCUT2D eigenvalue weighted by atomic mass is 16.7. The first-order valence-electron chi connectivity index (χ1n) is 7.27. The van der Waals surface area contributed by atoms with E-state index in [4.69, 9.17) is 9.47 Å². The molecule has 0 aromatic carbocycles. The Morgan fingerprint density at radius 1 is 1.00 bits per heavy atom. The molecular formula is C15H20O4. The van der Waals surface area contributed by atoms with Crippen LogP contribution in [0.5, 0.6) is 0 Å². The van der Waals surface area contributed by atoms with Gasteiger partial charge in [-0.2, -0.15) is 0 Å². The number of ketones is 2. The van der Waals surface area contributed by atoms with Crippen LogP contribution in [-0.2, 0) is 19.1 Å². The minimum Gasteiger partial charge on any atom is -0.347 e. The molecule has 4 fully saturated rings. The number of Topliss-reactive ketones (excluding diaryl/α,β-unsaturated/α-hetero) is 2. The molecule has 0 radical (unpaired) electrons. The Morgan fingerprint density at radius 3 is 2.37 bits per heavy atom. The van der Waals surface area contributed by atoms with Crippen LogP contribution in [0, 0.1) is 16.2 Å². The smallest absolute Gasteiger partial charge is 0.204 e. The molecule has 1 unspecified atom stereocenters. The van der Waals surface area contributed by atoms with E-state index in [9.17, 15) is 9.59 Å². The third kappa shape index (κ3) is 1.04. The Bertz CT molecular complexity index is 492. The van der Waals surface area contributed by atoms with Crippen molar-refractivity contribution in [2.75, 3.05) is 13.2 Å². The Labute approximate surface area is 112 Å². The molecule has 3 aliphatic carbocycles. The minimum absolute atomic E-state index is 0.0758. The fraction of sp³-hybridized carbons (Fsp3) is 0.867. The van der Waals surface area contributed by atoms with Gasteiger partial charge in [0.1, 0.15) is 0 Å². The molecule has 0 bridgehead atoms. The summed E-state index contributed by atoms with van der Waals surface area (Å²) < 4.78 is 11.9. The van der Waals surface area contributed by atoms with Crippen molar-refractivity contribution in [3.05, 3.63) is 0 Å². The van der Waals surface area contributed by atoms with Crippen LogP contribution < -0.4 is 0 Å². The molecule has 3 saturated carbocycles. The van der Waals surface area contributed by atoms with Gasteiger partial charge in [0.05, 0.1) is 13.2 Å². The summed E-state index contributed by atoms with van der Waals surface area (Å²) in [6.45, 7) is 5.49. The zero-order valence-corrected chi connectivity index (χ0v) is 11.6. The van der Waals surface area contributed by atoms with E-state index in [-0.39, 0.29) is 22.4 Å². The lowest BCUT2D eigenvalue weighted by Crippen LogP contribution is -2.57. The standard InChI is InChI=1S/C15H20O4/c1-12-5-6-15(18-7-8-19-15)13(2)9-14(12,13)4-3-10(16)11(12)17/h3-9H2,1-2H3/t12-,13?,14+/m1/s1. The predicted molar refractivity (Wildman–Crippen MR) is 66.4 cm³/mol. The van der Waals surface area contributed by atoms with Crippen molar-refractivity contribution in [1.82, 2.24) is 0 Å². The maximum atomic E-state index is 12.4. The molecule has 104 valence electrons. The van der Waals surface area contributed by atoms with E-state index in [1.54, 1.807) is 0 Å². The van der Waals surface area contributed by atoms with E-state index in [2.05, 4.69) is 6.92 Å². The lowest BCUT2D eigenvalue weighted by atomic mass is 9.54. The Morgan fingerprint density at radius 2 is 1.68 bits per heavy atom. The number of ether oxygens (including phenoxy) is 2. The van der Waals surface area contributed by atoms with Gasteiger partial charge in [-0.25, -0.2) is 0 Å². The van der Waals surface area contributed by atoms with E-state index >= 15 is 0 Å². The van der Waals surface area contributed by atoms with Crippen molar-refractivity contribution >= 4 is 11.6 Å². The van der Waals surface area contributed by atoms with Crippen LogP contribution in [-0.4, -0.2) is 30.6 Å². The predicted octanol–water partition coefficient (Wildman–Crippen LogP) is 1.86. The minimum atomic E-state index is -0.493. The van der Waals surface area contributed by atoms with Crippen LogP contribution >= 0.6 is 0 Å². The summed E-state index contributed by atoms with van der Waals surface area (Å²) in [6.07, 6.45) is 3.63. The van der Waals surface area contributed by atoms with Crippen LogP contribution in [0.4, 0.5) is 0 Å². The van der Waals surface area contributed by atoms with Gasteiger partial charge in [-0.3, -0.25) is 9.59 Å². The third-order valence-corrected chi connectivity index (χ3v) is 6.72. The largest absolute Gasteiger partial charge is 0.347 e. The average Bonchev–Trinajstić information content (AvgIpc) is 2.81. The van der Waals surface area contributed by atoms with Gasteiger partial charge < -0.3 is 9.47 Å². The molecule has 19 heavy (non-hydrogen) atoms. The van der Waals surface area contributed by atoms with Gasteiger partial charge in [0.2, 0.25) is 5.78 Å². The number of rotatable bonds is 0. The summed E-state index contributed by atoms with van der Waals surface area (Å²) in [5, 5.41) is 0. The highest BCUT2D eigenvalue weighted by Gasteiger charge is 2.84. The van der Waals surface area contributed by atoms with Crippen molar-refractivity contribution in [3.8, 4) is 0 Å². The van der Waals surface area contributed by atoms with Crippen molar-refractivity contribution in [2.24, 2.45) is 16.2 Å². The van der Waals surface area contributed by atoms with Crippen molar-refractivity contribution in [3.63, 3.8) is 0 Å². The molecule has 0 aromatic rings. The van der Waals surface area contributed by atoms with Crippen molar-refractivity contribution in [2.45, 2.75) is 51.7 Å². The Kier molecular flexibility index (Phi) is 1.97. The fourth-order valence-electron chi connectivity index (χ4n) is 5.43. The lowest BCUT2D eigenvalue weighted by Gasteiger charge is -2.52. The number of carbonyl (C=O) groups is 2. The van der Waals surface area contributed by atoms with Gasteiger partial charge in [0.15, 0.2) is 11.6 Å². The van der Waals surface area contributed by atoms with E-state index in [1.807, 2.05) is 6.92 Å². The molecule has 3 atom stereocenters. The number of hydrogen-bond donors (Lipinski definition) is 0. The number of hydrogen-bond acceptors (Lipinski definition) is 4.